The van der Waals surface area contributed by atoms with Crippen LogP contribution in [0.3, 0.4) is 0 Å². The van der Waals surface area contributed by atoms with Gasteiger partial charge in [0.05, 0.1) is 18.8 Å². The smallest absolute Gasteiger partial charge is 0.125 e. The quantitative estimate of drug-likeness (QED) is 0.780. The number of halogens is 1. The van der Waals surface area contributed by atoms with Crippen molar-refractivity contribution in [2.75, 3.05) is 6.61 Å². The minimum Gasteiger partial charge on any atom is -0.493 e. The molecular formula is C12H14FNO2. The largest absolute Gasteiger partial charge is 0.493 e. The van der Waals surface area contributed by atoms with Crippen LogP contribution in [0.2, 0.25) is 0 Å². The molecule has 0 amide bonds. The van der Waals surface area contributed by atoms with Gasteiger partial charge in [-0.25, -0.2) is 4.39 Å². The molecule has 0 fully saturated rings. The number of ether oxygens (including phenoxy) is 1. The van der Waals surface area contributed by atoms with Gasteiger partial charge in [0.1, 0.15) is 11.6 Å². The third-order valence-corrected chi connectivity index (χ3v) is 2.11. The number of nitrogens with zero attached hydrogens (tertiary/aromatic N) is 1. The van der Waals surface area contributed by atoms with Crippen LogP contribution in [0, 0.1) is 17.1 Å². The van der Waals surface area contributed by atoms with E-state index in [9.17, 15) is 9.50 Å². The van der Waals surface area contributed by atoms with E-state index in [1.54, 1.807) is 6.92 Å². The van der Waals surface area contributed by atoms with Crippen molar-refractivity contribution in [2.45, 2.75) is 25.9 Å². The lowest BCUT2D eigenvalue weighted by Gasteiger charge is -2.12. The molecule has 1 N–H and O–H groups in total. The molecule has 0 aliphatic rings. The van der Waals surface area contributed by atoms with Crippen LogP contribution in [-0.2, 0) is 0 Å². The van der Waals surface area contributed by atoms with E-state index in [0.717, 1.165) is 0 Å². The van der Waals surface area contributed by atoms with E-state index in [2.05, 4.69) is 0 Å². The number of rotatable bonds is 5. The molecule has 86 valence electrons. The molecule has 3 nitrogen and oxygen atoms in total. The summed E-state index contributed by atoms with van der Waals surface area (Å²) in [6.07, 6.45) is 0.264. The van der Waals surface area contributed by atoms with Gasteiger partial charge in [-0.3, -0.25) is 0 Å². The van der Waals surface area contributed by atoms with Crippen molar-refractivity contribution in [1.29, 1.82) is 5.26 Å². The SMILES string of the molecule is CC(O)c1cc(F)ccc1OCCCC#N. The molecule has 0 aromatic heterocycles. The van der Waals surface area contributed by atoms with Gasteiger partial charge in [-0.05, 0) is 31.5 Å². The van der Waals surface area contributed by atoms with Gasteiger partial charge in [-0.1, -0.05) is 0 Å². The Bertz CT molecular complexity index is 385. The Labute approximate surface area is 94.1 Å². The van der Waals surface area contributed by atoms with Crippen molar-refractivity contribution in [3.05, 3.63) is 29.6 Å². The fraction of sp³-hybridized carbons (Fsp3) is 0.417. The van der Waals surface area contributed by atoms with Crippen molar-refractivity contribution in [3.63, 3.8) is 0 Å². The maximum atomic E-state index is 12.9. The van der Waals surface area contributed by atoms with Crippen LogP contribution < -0.4 is 4.74 Å². The van der Waals surface area contributed by atoms with Crippen LogP contribution in [0.4, 0.5) is 4.39 Å². The molecule has 4 heteroatoms. The van der Waals surface area contributed by atoms with Crippen LogP contribution in [0.15, 0.2) is 18.2 Å². The fourth-order valence-corrected chi connectivity index (χ4v) is 1.31. The van der Waals surface area contributed by atoms with Gasteiger partial charge in [0, 0.05) is 12.0 Å². The highest BCUT2D eigenvalue weighted by Crippen LogP contribution is 2.26. The standard InChI is InChI=1S/C12H14FNO2/c1-9(15)11-8-10(13)4-5-12(11)16-7-3-2-6-14/h4-5,8-9,15H,2-3,7H2,1H3. The molecule has 0 aliphatic carbocycles. The fourth-order valence-electron chi connectivity index (χ4n) is 1.31. The molecule has 1 aromatic carbocycles. The predicted molar refractivity (Wildman–Crippen MR) is 57.4 cm³/mol. The van der Waals surface area contributed by atoms with Crippen molar-refractivity contribution in [3.8, 4) is 11.8 Å². The summed E-state index contributed by atoms with van der Waals surface area (Å²) in [6, 6.07) is 6.04. The van der Waals surface area contributed by atoms with Crippen LogP contribution in [-0.4, -0.2) is 11.7 Å². The Balaban J connectivity index is 2.68. The van der Waals surface area contributed by atoms with Gasteiger partial charge in [0.15, 0.2) is 0 Å². The van der Waals surface area contributed by atoms with E-state index in [4.69, 9.17) is 10.00 Å². The Morgan fingerprint density at radius 3 is 2.94 bits per heavy atom. The second kappa shape index (κ2) is 6.09. The summed E-state index contributed by atoms with van der Waals surface area (Å²) >= 11 is 0. The van der Waals surface area contributed by atoms with E-state index in [-0.39, 0.29) is 0 Å². The van der Waals surface area contributed by atoms with E-state index in [0.29, 0.717) is 30.8 Å². The van der Waals surface area contributed by atoms with Gasteiger partial charge in [-0.15, -0.1) is 0 Å². The first-order chi connectivity index (χ1) is 7.65. The molecular weight excluding hydrogens is 209 g/mol. The third kappa shape index (κ3) is 3.52. The van der Waals surface area contributed by atoms with Crippen molar-refractivity contribution in [1.82, 2.24) is 0 Å². The Morgan fingerprint density at radius 1 is 1.56 bits per heavy atom. The minimum atomic E-state index is -0.776. The van der Waals surface area contributed by atoms with Gasteiger partial charge in [0.25, 0.3) is 0 Å². The lowest BCUT2D eigenvalue weighted by molar-refractivity contribution is 0.190. The Kier molecular flexibility index (Phi) is 4.74. The van der Waals surface area contributed by atoms with Gasteiger partial charge < -0.3 is 9.84 Å². The van der Waals surface area contributed by atoms with Gasteiger partial charge >= 0.3 is 0 Å². The first-order valence-corrected chi connectivity index (χ1v) is 5.12. The summed E-state index contributed by atoms with van der Waals surface area (Å²) < 4.78 is 18.3. The number of hydrogen-bond donors (Lipinski definition) is 1. The van der Waals surface area contributed by atoms with E-state index < -0.39 is 11.9 Å². The molecule has 0 bridgehead atoms. The number of hydrogen-bond acceptors (Lipinski definition) is 3. The Morgan fingerprint density at radius 2 is 2.31 bits per heavy atom. The molecule has 0 saturated heterocycles. The predicted octanol–water partition coefficient (Wildman–Crippen LogP) is 2.56. The number of aliphatic hydroxyl groups is 1. The third-order valence-electron chi connectivity index (χ3n) is 2.11. The summed E-state index contributed by atoms with van der Waals surface area (Å²) in [5.41, 5.74) is 0.428. The summed E-state index contributed by atoms with van der Waals surface area (Å²) in [5.74, 6) is 0.0645. The normalized spacial score (nSPS) is 11.9. The molecule has 0 heterocycles. The molecule has 1 unspecified atom stereocenters. The van der Waals surface area contributed by atoms with Crippen molar-refractivity contribution < 1.29 is 14.2 Å². The first-order valence-electron chi connectivity index (χ1n) is 5.12. The summed E-state index contributed by atoms with van der Waals surface area (Å²) in [5, 5.41) is 17.8. The lowest BCUT2D eigenvalue weighted by Crippen LogP contribution is -2.02. The molecule has 0 radical (unpaired) electrons. The average Bonchev–Trinajstić information content (AvgIpc) is 2.26. The van der Waals surface area contributed by atoms with Gasteiger partial charge in [-0.2, -0.15) is 5.26 Å². The minimum absolute atomic E-state index is 0.388. The molecule has 0 aliphatic heterocycles. The molecule has 0 spiro atoms. The summed E-state index contributed by atoms with van der Waals surface area (Å²) in [7, 11) is 0. The highest BCUT2D eigenvalue weighted by atomic mass is 19.1. The molecule has 1 aromatic rings. The highest BCUT2D eigenvalue weighted by Gasteiger charge is 2.10. The van der Waals surface area contributed by atoms with E-state index in [1.165, 1.54) is 18.2 Å². The van der Waals surface area contributed by atoms with Gasteiger partial charge in [0.2, 0.25) is 0 Å². The maximum absolute atomic E-state index is 12.9. The van der Waals surface area contributed by atoms with Crippen molar-refractivity contribution >= 4 is 0 Å². The molecule has 1 rings (SSSR count). The average molecular weight is 223 g/mol. The first kappa shape index (κ1) is 12.5. The number of benzene rings is 1. The summed E-state index contributed by atoms with van der Waals surface area (Å²) in [6.45, 7) is 1.94. The van der Waals surface area contributed by atoms with Crippen LogP contribution in [0.5, 0.6) is 5.75 Å². The zero-order valence-electron chi connectivity index (χ0n) is 9.11. The topological polar surface area (TPSA) is 53.2 Å². The van der Waals surface area contributed by atoms with E-state index >= 15 is 0 Å². The summed E-state index contributed by atoms with van der Waals surface area (Å²) in [4.78, 5) is 0. The van der Waals surface area contributed by atoms with Crippen LogP contribution in [0.25, 0.3) is 0 Å². The maximum Gasteiger partial charge on any atom is 0.125 e. The Hall–Kier alpha value is -1.60. The molecule has 1 atom stereocenters. The zero-order valence-corrected chi connectivity index (χ0v) is 9.11. The zero-order chi connectivity index (χ0) is 12.0. The highest BCUT2D eigenvalue weighted by molar-refractivity contribution is 5.35. The van der Waals surface area contributed by atoms with Crippen LogP contribution in [0.1, 0.15) is 31.4 Å². The monoisotopic (exact) mass is 223 g/mol. The van der Waals surface area contributed by atoms with Crippen LogP contribution >= 0.6 is 0 Å². The molecule has 0 saturated carbocycles. The number of unbranched alkanes of at least 4 members (excludes halogenated alkanes) is 1. The number of aliphatic hydroxyl groups excluding tert-OH is 1. The second-order valence-corrected chi connectivity index (χ2v) is 3.47. The second-order valence-electron chi connectivity index (χ2n) is 3.47. The van der Waals surface area contributed by atoms with Crippen molar-refractivity contribution in [2.24, 2.45) is 0 Å². The van der Waals surface area contributed by atoms with E-state index in [1.807, 2.05) is 6.07 Å². The lowest BCUT2D eigenvalue weighted by atomic mass is 10.1. The number of nitriles is 1. The molecule has 16 heavy (non-hydrogen) atoms.